The molecular formula is C34H45N5O8S2. The third-order valence-corrected chi connectivity index (χ3v) is 9.74. The van der Waals surface area contributed by atoms with Gasteiger partial charge in [0.1, 0.15) is 17.2 Å². The van der Waals surface area contributed by atoms with E-state index in [4.69, 9.17) is 14.2 Å². The number of ether oxygens (including phenoxy) is 3. The first-order valence-electron chi connectivity index (χ1n) is 16.0. The van der Waals surface area contributed by atoms with Gasteiger partial charge in [0, 0.05) is 40.8 Å². The van der Waals surface area contributed by atoms with E-state index in [2.05, 4.69) is 20.3 Å². The average Bonchev–Trinajstić information content (AvgIpc) is 3.64. The van der Waals surface area contributed by atoms with Crippen molar-refractivity contribution in [2.24, 2.45) is 0 Å². The van der Waals surface area contributed by atoms with Crippen molar-refractivity contribution in [1.29, 1.82) is 0 Å². The Hall–Kier alpha value is -4.21. The summed E-state index contributed by atoms with van der Waals surface area (Å²) in [4.78, 5) is 44.0. The lowest BCUT2D eigenvalue weighted by atomic mass is 10.1. The molecule has 3 N–H and O–H groups in total. The van der Waals surface area contributed by atoms with Gasteiger partial charge < -0.3 is 19.1 Å². The van der Waals surface area contributed by atoms with Crippen LogP contribution in [0.1, 0.15) is 68.2 Å². The predicted molar refractivity (Wildman–Crippen MR) is 189 cm³/mol. The van der Waals surface area contributed by atoms with Crippen LogP contribution in [0.25, 0.3) is 21.0 Å². The quantitative estimate of drug-likeness (QED) is 0.191. The van der Waals surface area contributed by atoms with Crippen LogP contribution >= 0.6 is 11.3 Å². The van der Waals surface area contributed by atoms with Crippen molar-refractivity contribution < 1.29 is 37.0 Å². The molecule has 1 aliphatic heterocycles. The number of carbonyl (C=O) groups is 3. The molecule has 2 aromatic carbocycles. The molecule has 3 aromatic rings. The molecule has 0 bridgehead atoms. The first kappa shape index (κ1) is 37.6. The van der Waals surface area contributed by atoms with Crippen LogP contribution in [-0.2, 0) is 24.2 Å². The number of amides is 3. The fourth-order valence-electron chi connectivity index (χ4n) is 4.97. The van der Waals surface area contributed by atoms with Crippen LogP contribution in [0.5, 0.6) is 0 Å². The van der Waals surface area contributed by atoms with Gasteiger partial charge in [-0.25, -0.2) is 32.5 Å². The average molecular weight is 716 g/mol. The summed E-state index contributed by atoms with van der Waals surface area (Å²) in [5, 5.41) is 5.93. The summed E-state index contributed by atoms with van der Waals surface area (Å²) >= 11 is 1.29. The number of nitrogens with one attached hydrogen (secondary N) is 3. The lowest BCUT2D eigenvalue weighted by molar-refractivity contribution is 0.0165. The summed E-state index contributed by atoms with van der Waals surface area (Å²) < 4.78 is 46.1. The number of rotatable bonds is 9. The number of aromatic nitrogens is 1. The Kier molecular flexibility index (Phi) is 11.6. The van der Waals surface area contributed by atoms with E-state index in [0.717, 1.165) is 12.0 Å². The van der Waals surface area contributed by atoms with Crippen molar-refractivity contribution in [3.05, 3.63) is 48.7 Å². The van der Waals surface area contributed by atoms with Crippen LogP contribution in [0.15, 0.2) is 53.6 Å². The van der Waals surface area contributed by atoms with Crippen LogP contribution in [0.2, 0.25) is 0 Å². The fourth-order valence-corrected chi connectivity index (χ4v) is 7.66. The topological polar surface area (TPSA) is 165 Å². The molecule has 2 heterocycles. The predicted octanol–water partition coefficient (Wildman–Crippen LogP) is 7.46. The summed E-state index contributed by atoms with van der Waals surface area (Å²) in [5.74, 6) is 0. The number of sulfonamides is 1. The minimum absolute atomic E-state index is 0.0391. The van der Waals surface area contributed by atoms with E-state index in [1.165, 1.54) is 17.4 Å². The highest BCUT2D eigenvalue weighted by molar-refractivity contribution is 7.89. The number of anilines is 2. The van der Waals surface area contributed by atoms with Crippen molar-refractivity contribution in [1.82, 2.24) is 14.6 Å². The van der Waals surface area contributed by atoms with E-state index >= 15 is 0 Å². The third-order valence-electron chi connectivity index (χ3n) is 6.86. The molecule has 3 amide bonds. The maximum absolute atomic E-state index is 13.7. The lowest BCUT2D eigenvalue weighted by Crippen LogP contribution is -2.42. The van der Waals surface area contributed by atoms with E-state index in [1.807, 2.05) is 0 Å². The van der Waals surface area contributed by atoms with Crippen molar-refractivity contribution in [2.45, 2.75) is 96.4 Å². The minimum atomic E-state index is -4.07. The normalized spacial score (nSPS) is 15.2. The van der Waals surface area contributed by atoms with Crippen molar-refractivity contribution >= 4 is 51.0 Å². The molecule has 1 saturated heterocycles. The SMILES string of the molecule is CC(C)OC(=O)Nc1ccc(-c2ncc(-c3ccc(NC(=O)OCC4CCCN4C(=O)OC(C)(C)C)cc3S(=O)(=O)NC(C)(C)C)s2)cc1. The van der Waals surface area contributed by atoms with Crippen molar-refractivity contribution in [3.8, 4) is 21.0 Å². The molecule has 15 heteroatoms. The van der Waals surface area contributed by atoms with E-state index in [-0.39, 0.29) is 29.3 Å². The highest BCUT2D eigenvalue weighted by Crippen LogP contribution is 2.37. The Balaban J connectivity index is 1.52. The summed E-state index contributed by atoms with van der Waals surface area (Å²) in [6.45, 7) is 14.6. The largest absolute Gasteiger partial charge is 0.447 e. The van der Waals surface area contributed by atoms with E-state index < -0.39 is 39.4 Å². The Morgan fingerprint density at radius 2 is 1.63 bits per heavy atom. The molecule has 266 valence electrons. The van der Waals surface area contributed by atoms with Gasteiger partial charge in [-0.05, 0) is 105 Å². The zero-order chi connectivity index (χ0) is 36.1. The van der Waals surface area contributed by atoms with Gasteiger partial charge in [0.15, 0.2) is 0 Å². The van der Waals surface area contributed by atoms with Crippen LogP contribution in [0.3, 0.4) is 0 Å². The van der Waals surface area contributed by atoms with Gasteiger partial charge in [-0.1, -0.05) is 6.07 Å². The zero-order valence-electron chi connectivity index (χ0n) is 29.1. The number of carbonyl (C=O) groups excluding carboxylic acids is 3. The zero-order valence-corrected chi connectivity index (χ0v) is 30.7. The maximum atomic E-state index is 13.7. The Morgan fingerprint density at radius 3 is 2.27 bits per heavy atom. The molecule has 0 spiro atoms. The summed E-state index contributed by atoms with van der Waals surface area (Å²) in [7, 11) is -4.07. The lowest BCUT2D eigenvalue weighted by Gasteiger charge is -2.28. The Labute approximate surface area is 291 Å². The smallest absolute Gasteiger partial charge is 0.411 e. The van der Waals surface area contributed by atoms with Gasteiger partial charge in [0.25, 0.3) is 0 Å². The third kappa shape index (κ3) is 10.9. The van der Waals surface area contributed by atoms with E-state index in [1.54, 1.807) is 103 Å². The second-order valence-corrected chi connectivity index (χ2v) is 16.6. The Morgan fingerprint density at radius 1 is 0.980 bits per heavy atom. The number of benzene rings is 2. The number of hydrogen-bond acceptors (Lipinski definition) is 10. The van der Waals surface area contributed by atoms with Gasteiger partial charge in [-0.3, -0.25) is 10.6 Å². The van der Waals surface area contributed by atoms with Crippen LogP contribution in [-0.4, -0.2) is 73.0 Å². The van der Waals surface area contributed by atoms with Gasteiger partial charge >= 0.3 is 18.3 Å². The molecule has 1 aromatic heterocycles. The van der Waals surface area contributed by atoms with Gasteiger partial charge in [-0.15, -0.1) is 11.3 Å². The summed E-state index contributed by atoms with van der Waals surface area (Å²) in [6.07, 6.45) is 0.964. The number of nitrogens with zero attached hydrogens (tertiary/aromatic N) is 2. The highest BCUT2D eigenvalue weighted by atomic mass is 32.2. The second kappa shape index (κ2) is 15.1. The van der Waals surface area contributed by atoms with Crippen molar-refractivity contribution in [3.63, 3.8) is 0 Å². The summed E-state index contributed by atoms with van der Waals surface area (Å²) in [5.41, 5.74) is 0.498. The standard InChI is InChI=1S/C34H45N5O8S2/c1-21(2)46-31(41)36-23-13-11-22(12-14-23)29-35-19-27(48-29)26-16-15-24(18-28(26)49(43,44)38-33(3,4)5)37-30(40)45-20-25-10-9-17-39(25)32(42)47-34(6,7)8/h11-16,18-19,21,25,38H,9-10,17,20H2,1-8H3,(H,36,41)(H,37,40). The van der Waals surface area contributed by atoms with Gasteiger partial charge in [0.2, 0.25) is 10.0 Å². The Bertz CT molecular complexity index is 1760. The molecule has 1 atom stereocenters. The van der Waals surface area contributed by atoms with Crippen LogP contribution in [0.4, 0.5) is 25.8 Å². The fraction of sp³-hybridized carbons (Fsp3) is 0.471. The second-order valence-electron chi connectivity index (χ2n) is 13.9. The van der Waals surface area contributed by atoms with Crippen molar-refractivity contribution in [2.75, 3.05) is 23.8 Å². The summed E-state index contributed by atoms with van der Waals surface area (Å²) in [6, 6.07) is 11.3. The first-order chi connectivity index (χ1) is 22.8. The monoisotopic (exact) mass is 715 g/mol. The number of hydrogen-bond donors (Lipinski definition) is 3. The van der Waals surface area contributed by atoms with Crippen LogP contribution in [0, 0.1) is 0 Å². The van der Waals surface area contributed by atoms with Gasteiger partial charge in [-0.2, -0.15) is 0 Å². The molecule has 1 unspecified atom stereocenters. The first-order valence-corrected chi connectivity index (χ1v) is 18.3. The molecular weight excluding hydrogens is 671 g/mol. The molecule has 0 aliphatic carbocycles. The van der Waals surface area contributed by atoms with Crippen LogP contribution < -0.4 is 15.4 Å². The molecule has 49 heavy (non-hydrogen) atoms. The van der Waals surface area contributed by atoms with E-state index in [9.17, 15) is 22.8 Å². The minimum Gasteiger partial charge on any atom is -0.447 e. The maximum Gasteiger partial charge on any atom is 0.411 e. The molecule has 1 aliphatic rings. The molecule has 0 radical (unpaired) electrons. The molecule has 4 rings (SSSR count). The number of thiazole rings is 1. The van der Waals surface area contributed by atoms with Gasteiger partial charge in [0.05, 0.1) is 21.9 Å². The highest BCUT2D eigenvalue weighted by Gasteiger charge is 2.33. The van der Waals surface area contributed by atoms with E-state index in [0.29, 0.717) is 34.1 Å². The number of likely N-dealkylation sites (tertiary alicyclic amines) is 1. The molecule has 1 fully saturated rings. The molecule has 0 saturated carbocycles. The molecule has 13 nitrogen and oxygen atoms in total.